The van der Waals surface area contributed by atoms with Gasteiger partial charge >= 0.3 is 11.9 Å². The zero-order valence-corrected chi connectivity index (χ0v) is 6.31. The molecule has 0 saturated carbocycles. The van der Waals surface area contributed by atoms with Crippen molar-refractivity contribution in [3.63, 3.8) is 0 Å². The fourth-order valence-electron chi connectivity index (χ4n) is 0.344. The molecule has 0 aliphatic heterocycles. The molecule has 0 fully saturated rings. The smallest absolute Gasteiger partial charge is 0.414 e. The average molecular weight is 172 g/mol. The van der Waals surface area contributed by atoms with Gasteiger partial charge in [0.05, 0.1) is 0 Å². The number of hydrogen-bond acceptors (Lipinski definition) is 3. The Labute approximate surface area is 67.9 Å². The summed E-state index contributed by atoms with van der Waals surface area (Å²) in [5, 5.41) is 14.8. The predicted octanol–water partition coefficient (Wildman–Crippen LogP) is -0.126. The number of aromatic amines is 1. The van der Waals surface area contributed by atoms with Crippen LogP contribution >= 0.6 is 0 Å². The third-order valence-electron chi connectivity index (χ3n) is 0.818. The second-order valence-electron chi connectivity index (χ2n) is 1.78. The summed E-state index contributed by atoms with van der Waals surface area (Å²) >= 11 is 0. The maximum absolute atomic E-state index is 9.10. The van der Waals surface area contributed by atoms with Gasteiger partial charge in [-0.1, -0.05) is 0 Å². The fraction of sp³-hybridized carbons (Fsp3) is 0.167. The minimum atomic E-state index is -1.82. The summed E-state index contributed by atoms with van der Waals surface area (Å²) in [5.41, 5.74) is 0. The highest BCUT2D eigenvalue weighted by molar-refractivity contribution is 6.27. The first-order valence-corrected chi connectivity index (χ1v) is 2.96. The number of hydrogen-bond donors (Lipinski definition) is 3. The zero-order chi connectivity index (χ0) is 9.56. The molecule has 0 aromatic carbocycles. The van der Waals surface area contributed by atoms with Gasteiger partial charge in [-0.05, 0) is 6.92 Å². The molecule has 0 radical (unpaired) electrons. The first kappa shape index (κ1) is 10.2. The molecule has 0 spiro atoms. The van der Waals surface area contributed by atoms with E-state index in [4.69, 9.17) is 19.8 Å². The maximum atomic E-state index is 9.10. The van der Waals surface area contributed by atoms with Crippen molar-refractivity contribution in [3.8, 4) is 0 Å². The molecule has 3 N–H and O–H groups in total. The van der Waals surface area contributed by atoms with E-state index in [0.717, 1.165) is 5.82 Å². The summed E-state index contributed by atoms with van der Waals surface area (Å²) in [6.07, 6.45) is 3.53. The Morgan fingerprint density at radius 1 is 1.42 bits per heavy atom. The van der Waals surface area contributed by atoms with Crippen molar-refractivity contribution < 1.29 is 19.8 Å². The number of aliphatic carboxylic acids is 2. The van der Waals surface area contributed by atoms with Crippen LogP contribution in [0.3, 0.4) is 0 Å². The molecule has 0 aliphatic carbocycles. The van der Waals surface area contributed by atoms with Crippen LogP contribution in [0.4, 0.5) is 0 Å². The third-order valence-corrected chi connectivity index (χ3v) is 0.818. The van der Waals surface area contributed by atoms with E-state index in [1.165, 1.54) is 0 Å². The number of carboxylic acid groups (broad SMARTS) is 2. The molecule has 0 saturated heterocycles. The van der Waals surface area contributed by atoms with Crippen molar-refractivity contribution in [1.29, 1.82) is 0 Å². The van der Waals surface area contributed by atoms with Crippen LogP contribution in [0.1, 0.15) is 5.82 Å². The lowest BCUT2D eigenvalue weighted by atomic mass is 10.7. The Morgan fingerprint density at radius 2 is 1.92 bits per heavy atom. The van der Waals surface area contributed by atoms with E-state index in [2.05, 4.69) is 9.97 Å². The number of aryl methyl sites for hydroxylation is 1. The second-order valence-corrected chi connectivity index (χ2v) is 1.78. The molecule has 1 aromatic heterocycles. The van der Waals surface area contributed by atoms with Crippen LogP contribution in [-0.4, -0.2) is 32.1 Å². The molecular formula is C6H8N2O4. The number of aromatic nitrogens is 2. The van der Waals surface area contributed by atoms with Gasteiger partial charge in [0, 0.05) is 12.4 Å². The third kappa shape index (κ3) is 4.98. The van der Waals surface area contributed by atoms with Crippen LogP contribution in [0, 0.1) is 6.92 Å². The number of nitrogens with one attached hydrogen (secondary N) is 1. The Bertz CT molecular complexity index is 243. The minimum absolute atomic E-state index is 0.968. The molecule has 6 nitrogen and oxygen atoms in total. The standard InChI is InChI=1S/C4H6N2.C2H2O4/c1-4-5-2-3-6-4;3-1(4)2(5)6/h2-3H,1H3,(H,5,6);(H,3,4)(H,5,6). The summed E-state index contributed by atoms with van der Waals surface area (Å²) in [4.78, 5) is 24.9. The van der Waals surface area contributed by atoms with Crippen molar-refractivity contribution in [1.82, 2.24) is 9.97 Å². The Kier molecular flexibility index (Phi) is 4.13. The first-order chi connectivity index (χ1) is 5.54. The molecule has 0 aliphatic rings. The first-order valence-electron chi connectivity index (χ1n) is 2.96. The van der Waals surface area contributed by atoms with Gasteiger partial charge in [-0.3, -0.25) is 0 Å². The van der Waals surface area contributed by atoms with Gasteiger partial charge in [0.1, 0.15) is 5.82 Å². The lowest BCUT2D eigenvalue weighted by Gasteiger charge is -1.72. The van der Waals surface area contributed by atoms with Crippen LogP contribution in [0.5, 0.6) is 0 Å². The van der Waals surface area contributed by atoms with Gasteiger partial charge in [-0.15, -0.1) is 0 Å². The monoisotopic (exact) mass is 172 g/mol. The lowest BCUT2D eigenvalue weighted by Crippen LogP contribution is -2.09. The normalized spacial score (nSPS) is 8.08. The Morgan fingerprint density at radius 3 is 2.00 bits per heavy atom. The van der Waals surface area contributed by atoms with Gasteiger partial charge < -0.3 is 15.2 Å². The topological polar surface area (TPSA) is 103 Å². The van der Waals surface area contributed by atoms with Gasteiger partial charge in [0.25, 0.3) is 0 Å². The second kappa shape index (κ2) is 4.89. The van der Waals surface area contributed by atoms with E-state index in [1.54, 1.807) is 12.4 Å². The van der Waals surface area contributed by atoms with Gasteiger partial charge in [-0.25, -0.2) is 14.6 Å². The van der Waals surface area contributed by atoms with E-state index in [1.807, 2.05) is 6.92 Å². The summed E-state index contributed by atoms with van der Waals surface area (Å²) in [5.74, 6) is -2.68. The maximum Gasteiger partial charge on any atom is 0.414 e. The molecular weight excluding hydrogens is 164 g/mol. The number of nitrogens with zero attached hydrogens (tertiary/aromatic N) is 1. The van der Waals surface area contributed by atoms with Crippen molar-refractivity contribution in [2.45, 2.75) is 6.92 Å². The molecule has 1 rings (SSSR count). The van der Waals surface area contributed by atoms with Crippen molar-refractivity contribution >= 4 is 11.9 Å². The number of H-pyrrole nitrogens is 1. The SMILES string of the molecule is Cc1ncc[nH]1.O=C(O)C(=O)O. The molecule has 1 heterocycles. The highest BCUT2D eigenvalue weighted by atomic mass is 16.4. The summed E-state index contributed by atoms with van der Waals surface area (Å²) in [6, 6.07) is 0. The molecule has 66 valence electrons. The predicted molar refractivity (Wildman–Crippen MR) is 38.6 cm³/mol. The van der Waals surface area contributed by atoms with E-state index >= 15 is 0 Å². The van der Waals surface area contributed by atoms with Crippen molar-refractivity contribution in [3.05, 3.63) is 18.2 Å². The summed E-state index contributed by atoms with van der Waals surface area (Å²) in [7, 11) is 0. The molecule has 1 aromatic rings. The quantitative estimate of drug-likeness (QED) is 0.473. The highest BCUT2D eigenvalue weighted by Crippen LogP contribution is 1.78. The van der Waals surface area contributed by atoms with Gasteiger partial charge in [0.2, 0.25) is 0 Å². The summed E-state index contributed by atoms with van der Waals surface area (Å²) < 4.78 is 0. The molecule has 0 unspecified atom stereocenters. The number of rotatable bonds is 0. The van der Waals surface area contributed by atoms with Crippen LogP contribution < -0.4 is 0 Å². The van der Waals surface area contributed by atoms with Crippen molar-refractivity contribution in [2.24, 2.45) is 0 Å². The number of imidazole rings is 1. The van der Waals surface area contributed by atoms with Gasteiger partial charge in [0.15, 0.2) is 0 Å². The van der Waals surface area contributed by atoms with Crippen LogP contribution in [0.15, 0.2) is 12.4 Å². The van der Waals surface area contributed by atoms with Gasteiger partial charge in [-0.2, -0.15) is 0 Å². The lowest BCUT2D eigenvalue weighted by molar-refractivity contribution is -0.159. The van der Waals surface area contributed by atoms with E-state index in [9.17, 15) is 0 Å². The number of carboxylic acids is 2. The Hall–Kier alpha value is -1.85. The van der Waals surface area contributed by atoms with E-state index in [0.29, 0.717) is 0 Å². The van der Waals surface area contributed by atoms with E-state index < -0.39 is 11.9 Å². The van der Waals surface area contributed by atoms with Crippen LogP contribution in [0.2, 0.25) is 0 Å². The molecule has 0 bridgehead atoms. The highest BCUT2D eigenvalue weighted by Gasteiger charge is 2.04. The number of carbonyl (C=O) groups is 2. The Balaban J connectivity index is 0.000000202. The fourth-order valence-corrected chi connectivity index (χ4v) is 0.344. The average Bonchev–Trinajstić information content (AvgIpc) is 2.40. The molecule has 6 heteroatoms. The largest absolute Gasteiger partial charge is 0.473 e. The van der Waals surface area contributed by atoms with Crippen LogP contribution in [-0.2, 0) is 9.59 Å². The molecule has 0 amide bonds. The van der Waals surface area contributed by atoms with Crippen molar-refractivity contribution in [2.75, 3.05) is 0 Å². The molecule has 12 heavy (non-hydrogen) atoms. The summed E-state index contributed by atoms with van der Waals surface area (Å²) in [6.45, 7) is 1.92. The molecule has 0 atom stereocenters. The minimum Gasteiger partial charge on any atom is -0.473 e. The zero-order valence-electron chi connectivity index (χ0n) is 6.31. The van der Waals surface area contributed by atoms with Crippen LogP contribution in [0.25, 0.3) is 0 Å². The van der Waals surface area contributed by atoms with E-state index in [-0.39, 0.29) is 0 Å².